The van der Waals surface area contributed by atoms with E-state index in [1.807, 2.05) is 30.5 Å². The fourth-order valence-corrected chi connectivity index (χ4v) is 3.58. The summed E-state index contributed by atoms with van der Waals surface area (Å²) in [5.41, 5.74) is 4.74. The Kier molecular flexibility index (Phi) is 5.51. The molecule has 1 fully saturated rings. The normalized spacial score (nSPS) is 14.0. The lowest BCUT2D eigenvalue weighted by Gasteiger charge is -2.36. The Morgan fingerprint density at radius 1 is 0.897 bits per heavy atom. The van der Waals surface area contributed by atoms with Gasteiger partial charge in [-0.1, -0.05) is 12.1 Å². The van der Waals surface area contributed by atoms with E-state index in [1.54, 1.807) is 7.11 Å². The summed E-state index contributed by atoms with van der Waals surface area (Å²) in [7, 11) is 1.69. The number of piperazine rings is 1. The van der Waals surface area contributed by atoms with Crippen LogP contribution in [0.5, 0.6) is 5.75 Å². The topological polar surface area (TPSA) is 53.5 Å². The maximum Gasteiger partial charge on any atom is 0.229 e. The molecule has 6 nitrogen and oxygen atoms in total. The second kappa shape index (κ2) is 8.39. The van der Waals surface area contributed by atoms with Crippen LogP contribution in [0.1, 0.15) is 11.1 Å². The van der Waals surface area contributed by atoms with Crippen molar-refractivity contribution in [2.24, 2.45) is 0 Å². The molecule has 29 heavy (non-hydrogen) atoms. The summed E-state index contributed by atoms with van der Waals surface area (Å²) in [6.07, 6.45) is 1.83. The zero-order chi connectivity index (χ0) is 20.2. The number of rotatable bonds is 5. The predicted octanol–water partition coefficient (Wildman–Crippen LogP) is 4.17. The van der Waals surface area contributed by atoms with Crippen LogP contribution >= 0.6 is 0 Å². The second-order valence-electron chi connectivity index (χ2n) is 7.28. The number of aromatic nitrogens is 2. The molecule has 1 aromatic heterocycles. The molecular weight excluding hydrogens is 362 g/mol. The Hall–Kier alpha value is -3.28. The fraction of sp³-hybridized carbons (Fsp3) is 0.304. The first-order chi connectivity index (χ1) is 14.1. The predicted molar refractivity (Wildman–Crippen MR) is 119 cm³/mol. The van der Waals surface area contributed by atoms with Gasteiger partial charge in [0.05, 0.1) is 7.11 Å². The van der Waals surface area contributed by atoms with Crippen molar-refractivity contribution in [2.45, 2.75) is 13.8 Å². The van der Waals surface area contributed by atoms with Crippen molar-refractivity contribution in [1.82, 2.24) is 9.97 Å². The first-order valence-corrected chi connectivity index (χ1v) is 9.94. The Bertz CT molecular complexity index is 965. The Morgan fingerprint density at radius 2 is 1.62 bits per heavy atom. The van der Waals surface area contributed by atoms with Crippen LogP contribution in [0.2, 0.25) is 0 Å². The highest BCUT2D eigenvalue weighted by Gasteiger charge is 2.19. The molecule has 0 aliphatic carbocycles. The molecule has 1 saturated heterocycles. The van der Waals surface area contributed by atoms with Crippen molar-refractivity contribution in [1.29, 1.82) is 0 Å². The minimum Gasteiger partial charge on any atom is -0.497 e. The average Bonchev–Trinajstić information content (AvgIpc) is 2.77. The molecule has 0 bridgehead atoms. The average molecular weight is 390 g/mol. The maximum atomic E-state index is 5.25. The lowest BCUT2D eigenvalue weighted by molar-refractivity contribution is 0.415. The molecule has 0 atom stereocenters. The first-order valence-electron chi connectivity index (χ1n) is 9.94. The lowest BCUT2D eigenvalue weighted by atomic mass is 10.1. The number of aryl methyl sites for hydroxylation is 1. The van der Waals surface area contributed by atoms with Crippen molar-refractivity contribution in [2.75, 3.05) is 48.4 Å². The Labute approximate surface area is 172 Å². The standard InChI is InChI=1S/C23H27N5O/c1-17-5-4-6-21(18(17)2)25-23-24-12-11-22(26-23)28-15-13-27(14-16-28)19-7-9-20(29-3)10-8-19/h4-12H,13-16H2,1-3H3,(H,24,25,26). The number of anilines is 4. The highest BCUT2D eigenvalue weighted by Crippen LogP contribution is 2.24. The van der Waals surface area contributed by atoms with E-state index in [0.717, 1.165) is 43.4 Å². The summed E-state index contributed by atoms with van der Waals surface area (Å²) in [6.45, 7) is 7.98. The van der Waals surface area contributed by atoms with E-state index in [9.17, 15) is 0 Å². The molecule has 1 aliphatic heterocycles. The molecule has 0 spiro atoms. The van der Waals surface area contributed by atoms with E-state index in [-0.39, 0.29) is 0 Å². The number of nitrogens with one attached hydrogen (secondary N) is 1. The smallest absolute Gasteiger partial charge is 0.229 e. The third-order valence-corrected chi connectivity index (χ3v) is 5.53. The summed E-state index contributed by atoms with van der Waals surface area (Å²) in [5, 5.41) is 3.37. The van der Waals surface area contributed by atoms with Crippen LogP contribution in [0.4, 0.5) is 23.1 Å². The zero-order valence-corrected chi connectivity index (χ0v) is 17.2. The molecule has 1 N–H and O–H groups in total. The van der Waals surface area contributed by atoms with E-state index >= 15 is 0 Å². The summed E-state index contributed by atoms with van der Waals surface area (Å²) in [4.78, 5) is 13.9. The van der Waals surface area contributed by atoms with E-state index in [1.165, 1.54) is 16.8 Å². The summed E-state index contributed by atoms with van der Waals surface area (Å²) >= 11 is 0. The fourth-order valence-electron chi connectivity index (χ4n) is 3.58. The van der Waals surface area contributed by atoms with E-state index in [2.05, 4.69) is 58.2 Å². The van der Waals surface area contributed by atoms with Crippen LogP contribution in [0.15, 0.2) is 54.7 Å². The molecule has 4 rings (SSSR count). The molecule has 2 aromatic carbocycles. The van der Waals surface area contributed by atoms with E-state index in [4.69, 9.17) is 9.72 Å². The van der Waals surface area contributed by atoms with Crippen LogP contribution in [0, 0.1) is 13.8 Å². The third kappa shape index (κ3) is 4.26. The van der Waals surface area contributed by atoms with Gasteiger partial charge in [0.25, 0.3) is 0 Å². The van der Waals surface area contributed by atoms with Crippen molar-refractivity contribution in [3.05, 3.63) is 65.9 Å². The quantitative estimate of drug-likeness (QED) is 0.707. The Balaban J connectivity index is 1.42. The number of hydrogen-bond donors (Lipinski definition) is 1. The largest absolute Gasteiger partial charge is 0.497 e. The van der Waals surface area contributed by atoms with Gasteiger partial charge in [-0.2, -0.15) is 4.98 Å². The molecule has 0 unspecified atom stereocenters. The molecule has 0 amide bonds. The SMILES string of the molecule is COc1ccc(N2CCN(c3ccnc(Nc4cccc(C)c4C)n3)CC2)cc1. The van der Waals surface area contributed by atoms with Gasteiger partial charge in [0, 0.05) is 43.8 Å². The molecule has 150 valence electrons. The van der Waals surface area contributed by atoms with E-state index < -0.39 is 0 Å². The third-order valence-electron chi connectivity index (χ3n) is 5.53. The number of ether oxygens (including phenoxy) is 1. The van der Waals surface area contributed by atoms with Crippen molar-refractivity contribution in [3.8, 4) is 5.75 Å². The monoisotopic (exact) mass is 389 g/mol. The van der Waals surface area contributed by atoms with Crippen molar-refractivity contribution < 1.29 is 4.74 Å². The molecule has 2 heterocycles. The van der Waals surface area contributed by atoms with Gasteiger partial charge < -0.3 is 19.9 Å². The first kappa shape index (κ1) is 19.1. The Morgan fingerprint density at radius 3 is 2.34 bits per heavy atom. The summed E-state index contributed by atoms with van der Waals surface area (Å²) in [5.74, 6) is 2.48. The highest BCUT2D eigenvalue weighted by molar-refractivity contribution is 5.61. The lowest BCUT2D eigenvalue weighted by Crippen LogP contribution is -2.46. The van der Waals surface area contributed by atoms with Gasteiger partial charge in [0.1, 0.15) is 11.6 Å². The van der Waals surface area contributed by atoms with Crippen LogP contribution in [0.3, 0.4) is 0 Å². The summed E-state index contributed by atoms with van der Waals surface area (Å²) in [6, 6.07) is 16.5. The van der Waals surface area contributed by atoms with Crippen LogP contribution in [0.25, 0.3) is 0 Å². The number of methoxy groups -OCH3 is 1. The van der Waals surface area contributed by atoms with Crippen LogP contribution in [-0.2, 0) is 0 Å². The second-order valence-corrected chi connectivity index (χ2v) is 7.28. The minimum atomic E-state index is 0.633. The van der Waals surface area contributed by atoms with E-state index in [0.29, 0.717) is 5.95 Å². The molecular formula is C23H27N5O. The molecule has 1 aliphatic rings. The molecule has 0 radical (unpaired) electrons. The van der Waals surface area contributed by atoms with Crippen LogP contribution in [-0.4, -0.2) is 43.3 Å². The highest BCUT2D eigenvalue weighted by atomic mass is 16.5. The maximum absolute atomic E-state index is 5.25. The summed E-state index contributed by atoms with van der Waals surface area (Å²) < 4.78 is 5.25. The van der Waals surface area contributed by atoms with Crippen LogP contribution < -0.4 is 19.9 Å². The molecule has 0 saturated carbocycles. The number of hydrogen-bond acceptors (Lipinski definition) is 6. The van der Waals surface area contributed by atoms with Gasteiger partial charge in [-0.3, -0.25) is 0 Å². The van der Waals surface area contributed by atoms with Gasteiger partial charge >= 0.3 is 0 Å². The number of benzene rings is 2. The van der Waals surface area contributed by atoms with Gasteiger partial charge in [-0.15, -0.1) is 0 Å². The minimum absolute atomic E-state index is 0.633. The van der Waals surface area contributed by atoms with Crippen molar-refractivity contribution in [3.63, 3.8) is 0 Å². The molecule has 6 heteroatoms. The van der Waals surface area contributed by atoms with Gasteiger partial charge in [-0.25, -0.2) is 4.98 Å². The number of nitrogens with zero attached hydrogens (tertiary/aromatic N) is 4. The van der Waals surface area contributed by atoms with Gasteiger partial charge in [0.2, 0.25) is 5.95 Å². The van der Waals surface area contributed by atoms with Gasteiger partial charge in [-0.05, 0) is 61.4 Å². The molecule has 3 aromatic rings. The van der Waals surface area contributed by atoms with Gasteiger partial charge in [0.15, 0.2) is 0 Å². The zero-order valence-electron chi connectivity index (χ0n) is 17.2. The van der Waals surface area contributed by atoms with Crippen molar-refractivity contribution >= 4 is 23.1 Å².